The van der Waals surface area contributed by atoms with Crippen molar-refractivity contribution in [1.82, 2.24) is 9.55 Å². The van der Waals surface area contributed by atoms with Gasteiger partial charge < -0.3 is 9.47 Å². The van der Waals surface area contributed by atoms with Crippen molar-refractivity contribution in [3.05, 3.63) is 176 Å². The van der Waals surface area contributed by atoms with Gasteiger partial charge in [0.2, 0.25) is 0 Å². The maximum Gasteiger partial charge on any atom is 0.0788 e. The zero-order valence-electron chi connectivity index (χ0n) is 25.1. The maximum absolute atomic E-state index is 5.13. The van der Waals surface area contributed by atoms with Gasteiger partial charge in [-0.2, -0.15) is 0 Å². The molecule has 2 heterocycles. The first-order valence-electron chi connectivity index (χ1n) is 15.7. The molecular weight excluding hydrogens is 558 g/mol. The van der Waals surface area contributed by atoms with Crippen molar-refractivity contribution in [2.75, 3.05) is 4.90 Å². The molecule has 0 atom stereocenters. The minimum Gasteiger partial charge on any atom is -0.310 e. The number of pyridine rings is 1. The second-order valence-corrected chi connectivity index (χ2v) is 11.6. The highest BCUT2D eigenvalue weighted by Crippen LogP contribution is 2.40. The molecule has 3 heteroatoms. The van der Waals surface area contributed by atoms with Gasteiger partial charge in [-0.15, -0.1) is 0 Å². The van der Waals surface area contributed by atoms with Gasteiger partial charge in [-0.3, -0.25) is 0 Å². The normalized spacial score (nSPS) is 11.5. The van der Waals surface area contributed by atoms with Crippen molar-refractivity contribution >= 4 is 60.5 Å². The lowest BCUT2D eigenvalue weighted by molar-refractivity contribution is 1.18. The van der Waals surface area contributed by atoms with E-state index in [0.29, 0.717) is 0 Å². The average Bonchev–Trinajstić information content (AvgIpc) is 3.46. The number of aromatic nitrogens is 2. The Balaban J connectivity index is 1.19. The summed E-state index contributed by atoms with van der Waals surface area (Å²) in [5.74, 6) is 0. The fourth-order valence-electron chi connectivity index (χ4n) is 6.87. The van der Waals surface area contributed by atoms with Crippen molar-refractivity contribution < 1.29 is 0 Å². The molecule has 7 aromatic carbocycles. The Morgan fingerprint density at radius 2 is 0.957 bits per heavy atom. The van der Waals surface area contributed by atoms with E-state index in [1.54, 1.807) is 0 Å². The van der Waals surface area contributed by atoms with Gasteiger partial charge in [-0.1, -0.05) is 109 Å². The maximum atomic E-state index is 5.13. The largest absolute Gasteiger partial charge is 0.310 e. The molecule has 46 heavy (non-hydrogen) atoms. The molecule has 0 amide bonds. The van der Waals surface area contributed by atoms with E-state index in [1.165, 1.54) is 38.0 Å². The van der Waals surface area contributed by atoms with E-state index < -0.39 is 0 Å². The minimum absolute atomic E-state index is 1.01. The molecule has 0 fully saturated rings. The number of benzene rings is 7. The van der Waals surface area contributed by atoms with Gasteiger partial charge in [0.15, 0.2) is 0 Å². The average molecular weight is 588 g/mol. The second-order valence-electron chi connectivity index (χ2n) is 11.6. The van der Waals surface area contributed by atoms with E-state index in [2.05, 4.69) is 185 Å². The Hall–Kier alpha value is -6.19. The SMILES string of the molecule is c1ccc(N(c2ccccc2)c2ccc3c(c2)c2ccccc2n3-c2ccc(-c3nc4ccccc4c4ccccc34)cc2)cc1. The van der Waals surface area contributed by atoms with Crippen LogP contribution in [0.25, 0.3) is 60.4 Å². The van der Waals surface area contributed by atoms with Crippen molar-refractivity contribution in [3.8, 4) is 16.9 Å². The van der Waals surface area contributed by atoms with Crippen LogP contribution in [0.3, 0.4) is 0 Å². The van der Waals surface area contributed by atoms with Crippen LogP contribution in [0.2, 0.25) is 0 Å². The molecule has 0 unspecified atom stereocenters. The number of fused-ring (bicyclic) bond motifs is 6. The van der Waals surface area contributed by atoms with Gasteiger partial charge in [0.1, 0.15) is 0 Å². The van der Waals surface area contributed by atoms with E-state index >= 15 is 0 Å². The zero-order valence-corrected chi connectivity index (χ0v) is 25.1. The Labute approximate surface area is 267 Å². The van der Waals surface area contributed by atoms with Gasteiger partial charge in [0.25, 0.3) is 0 Å². The van der Waals surface area contributed by atoms with Gasteiger partial charge >= 0.3 is 0 Å². The van der Waals surface area contributed by atoms with E-state index in [9.17, 15) is 0 Å². The van der Waals surface area contributed by atoms with Gasteiger partial charge in [0, 0.05) is 49.9 Å². The van der Waals surface area contributed by atoms with Crippen LogP contribution in [0.5, 0.6) is 0 Å². The number of hydrogen-bond donors (Lipinski definition) is 0. The smallest absolute Gasteiger partial charge is 0.0788 e. The fraction of sp³-hybridized carbons (Fsp3) is 0. The molecule has 0 radical (unpaired) electrons. The van der Waals surface area contributed by atoms with Crippen LogP contribution < -0.4 is 4.90 Å². The van der Waals surface area contributed by atoms with E-state index in [1.807, 2.05) is 0 Å². The van der Waals surface area contributed by atoms with Crippen LogP contribution in [-0.4, -0.2) is 9.55 Å². The highest BCUT2D eigenvalue weighted by atomic mass is 15.1. The molecule has 0 saturated carbocycles. The third-order valence-electron chi connectivity index (χ3n) is 8.95. The van der Waals surface area contributed by atoms with Gasteiger partial charge in [0.05, 0.1) is 22.2 Å². The summed E-state index contributed by atoms with van der Waals surface area (Å²) in [6, 6.07) is 62.5. The summed E-state index contributed by atoms with van der Waals surface area (Å²) in [5, 5.41) is 6.02. The molecule has 9 aromatic rings. The third-order valence-corrected chi connectivity index (χ3v) is 8.95. The molecule has 0 N–H and O–H groups in total. The summed E-state index contributed by atoms with van der Waals surface area (Å²) in [5.41, 5.74) is 9.98. The molecule has 0 spiro atoms. The van der Waals surface area contributed by atoms with Crippen LogP contribution in [0.4, 0.5) is 17.1 Å². The van der Waals surface area contributed by atoms with Crippen LogP contribution in [-0.2, 0) is 0 Å². The molecule has 0 aliphatic heterocycles. The highest BCUT2D eigenvalue weighted by Gasteiger charge is 2.17. The Kier molecular flexibility index (Phi) is 6.14. The first kappa shape index (κ1) is 26.2. The van der Waals surface area contributed by atoms with E-state index in [4.69, 9.17) is 4.98 Å². The number of nitrogens with zero attached hydrogens (tertiary/aromatic N) is 3. The summed E-state index contributed by atoms with van der Waals surface area (Å²) >= 11 is 0. The van der Waals surface area contributed by atoms with Crippen molar-refractivity contribution in [1.29, 1.82) is 0 Å². The molecule has 0 bridgehead atoms. The number of hydrogen-bond acceptors (Lipinski definition) is 2. The van der Waals surface area contributed by atoms with Crippen molar-refractivity contribution in [3.63, 3.8) is 0 Å². The molecular formula is C43H29N3. The molecule has 2 aromatic heterocycles. The quantitative estimate of drug-likeness (QED) is 0.187. The number of rotatable bonds is 5. The number of anilines is 3. The van der Waals surface area contributed by atoms with Gasteiger partial charge in [-0.05, 0) is 72.1 Å². The first-order chi connectivity index (χ1) is 22.8. The summed E-state index contributed by atoms with van der Waals surface area (Å²) in [7, 11) is 0. The molecule has 3 nitrogen and oxygen atoms in total. The Morgan fingerprint density at radius 3 is 1.67 bits per heavy atom. The van der Waals surface area contributed by atoms with Gasteiger partial charge in [-0.25, -0.2) is 4.98 Å². The van der Waals surface area contributed by atoms with Crippen LogP contribution in [0, 0.1) is 0 Å². The fourth-order valence-corrected chi connectivity index (χ4v) is 6.87. The molecule has 9 rings (SSSR count). The lowest BCUT2D eigenvalue weighted by Gasteiger charge is -2.25. The minimum atomic E-state index is 1.01. The van der Waals surface area contributed by atoms with Crippen molar-refractivity contribution in [2.24, 2.45) is 0 Å². The third kappa shape index (κ3) is 4.25. The summed E-state index contributed by atoms with van der Waals surface area (Å²) in [6.07, 6.45) is 0. The predicted octanol–water partition coefficient (Wildman–Crippen LogP) is 11.6. The number of para-hydroxylation sites is 4. The lowest BCUT2D eigenvalue weighted by atomic mass is 10.00. The molecule has 0 saturated heterocycles. The Morgan fingerprint density at radius 1 is 0.391 bits per heavy atom. The molecule has 216 valence electrons. The predicted molar refractivity (Wildman–Crippen MR) is 194 cm³/mol. The molecule has 0 aliphatic carbocycles. The Bertz CT molecular complexity index is 2470. The van der Waals surface area contributed by atoms with E-state index in [-0.39, 0.29) is 0 Å². The summed E-state index contributed by atoms with van der Waals surface area (Å²) in [6.45, 7) is 0. The van der Waals surface area contributed by atoms with Crippen molar-refractivity contribution in [2.45, 2.75) is 0 Å². The highest BCUT2D eigenvalue weighted by molar-refractivity contribution is 6.12. The zero-order chi connectivity index (χ0) is 30.5. The topological polar surface area (TPSA) is 21.1 Å². The summed E-state index contributed by atoms with van der Waals surface area (Å²) < 4.78 is 2.37. The first-order valence-corrected chi connectivity index (χ1v) is 15.7. The standard InChI is InChI=1S/C43H29N3/c1-3-13-31(14-4-1)45(32-15-5-2-6-16-32)34-27-28-42-39(29-34)37-19-10-12-22-41(37)46(42)33-25-23-30(24-26-33)43-38-20-8-7-17-35(38)36-18-9-11-21-40(36)44-43/h1-29H. The lowest BCUT2D eigenvalue weighted by Crippen LogP contribution is -2.09. The second kappa shape index (κ2) is 10.8. The molecule has 0 aliphatic rings. The summed E-state index contributed by atoms with van der Waals surface area (Å²) in [4.78, 5) is 7.45. The monoisotopic (exact) mass is 587 g/mol. The van der Waals surface area contributed by atoms with E-state index in [0.717, 1.165) is 39.5 Å². The van der Waals surface area contributed by atoms with Crippen LogP contribution in [0.15, 0.2) is 176 Å². The van der Waals surface area contributed by atoms with Crippen LogP contribution >= 0.6 is 0 Å². The van der Waals surface area contributed by atoms with Crippen LogP contribution in [0.1, 0.15) is 0 Å².